The van der Waals surface area contributed by atoms with E-state index in [2.05, 4.69) is 10.3 Å². The summed E-state index contributed by atoms with van der Waals surface area (Å²) in [6.45, 7) is 3.19. The van der Waals surface area contributed by atoms with Crippen LogP contribution in [0.3, 0.4) is 0 Å². The summed E-state index contributed by atoms with van der Waals surface area (Å²) in [6.07, 6.45) is 10.3. The number of hydrazine groups is 1. The normalized spacial score (nSPS) is 24.8. The molecule has 2 aliphatic rings. The zero-order chi connectivity index (χ0) is 12.1. The van der Waals surface area contributed by atoms with Gasteiger partial charge in [0.05, 0.1) is 0 Å². The number of nitrogens with zero attached hydrogens (tertiary/aromatic N) is 1. The average Bonchev–Trinajstić information content (AvgIpc) is 2.39. The van der Waals surface area contributed by atoms with Crippen LogP contribution in [-0.2, 0) is 4.79 Å². The zero-order valence-electron chi connectivity index (χ0n) is 10.7. The van der Waals surface area contributed by atoms with Crippen LogP contribution in [-0.4, -0.2) is 30.4 Å². The summed E-state index contributed by atoms with van der Waals surface area (Å²) in [7, 11) is 0. The second kappa shape index (κ2) is 5.83. The molecule has 0 atom stereocenters. The van der Waals surface area contributed by atoms with Gasteiger partial charge in [0, 0.05) is 13.0 Å². The van der Waals surface area contributed by atoms with E-state index in [0.717, 1.165) is 19.6 Å². The van der Waals surface area contributed by atoms with Crippen LogP contribution in [0, 0.1) is 5.41 Å². The Kier molecular flexibility index (Phi) is 4.40. The van der Waals surface area contributed by atoms with Crippen molar-refractivity contribution in [3.05, 3.63) is 0 Å². The first-order valence-electron chi connectivity index (χ1n) is 6.96. The van der Waals surface area contributed by atoms with Gasteiger partial charge in [-0.3, -0.25) is 10.2 Å². The number of rotatable bonds is 3. The summed E-state index contributed by atoms with van der Waals surface area (Å²) in [5.41, 5.74) is 2.85. The highest BCUT2D eigenvalue weighted by atomic mass is 16.2. The number of nitrogens with one attached hydrogen (secondary N) is 1. The van der Waals surface area contributed by atoms with Crippen LogP contribution in [0.25, 0.3) is 0 Å². The molecule has 0 unspecified atom stereocenters. The average molecular weight is 239 g/mol. The van der Waals surface area contributed by atoms with Crippen molar-refractivity contribution in [2.75, 3.05) is 19.6 Å². The summed E-state index contributed by atoms with van der Waals surface area (Å²) in [5, 5.41) is 0. The molecule has 0 bridgehead atoms. The van der Waals surface area contributed by atoms with E-state index in [1.54, 1.807) is 0 Å². The topological polar surface area (TPSA) is 58.4 Å². The molecule has 2 fully saturated rings. The fourth-order valence-corrected chi connectivity index (χ4v) is 3.38. The van der Waals surface area contributed by atoms with Crippen LogP contribution in [0.1, 0.15) is 51.4 Å². The van der Waals surface area contributed by atoms with E-state index in [4.69, 9.17) is 5.84 Å². The fourth-order valence-electron chi connectivity index (χ4n) is 3.38. The minimum atomic E-state index is -0.0528. The number of hydrogen-bond donors (Lipinski definition) is 2. The Bertz CT molecular complexity index is 251. The molecule has 1 saturated carbocycles. The number of piperidine rings is 1. The molecule has 1 spiro atoms. The maximum Gasteiger partial charge on any atom is 0.235 e. The maximum absolute atomic E-state index is 11.1. The lowest BCUT2D eigenvalue weighted by Crippen LogP contribution is -2.42. The van der Waals surface area contributed by atoms with Gasteiger partial charge >= 0.3 is 0 Å². The van der Waals surface area contributed by atoms with Gasteiger partial charge in [-0.25, -0.2) is 5.84 Å². The van der Waals surface area contributed by atoms with Crippen LogP contribution < -0.4 is 11.3 Å². The second-order valence-electron chi connectivity index (χ2n) is 5.72. The highest BCUT2D eigenvalue weighted by Gasteiger charge is 2.35. The third-order valence-electron chi connectivity index (χ3n) is 4.65. The van der Waals surface area contributed by atoms with Gasteiger partial charge < -0.3 is 4.90 Å². The molecule has 4 heteroatoms. The molecule has 0 aromatic rings. The third-order valence-corrected chi connectivity index (χ3v) is 4.65. The smallest absolute Gasteiger partial charge is 0.235 e. The number of carbonyl (C=O) groups excluding carboxylic acids is 1. The molecule has 98 valence electrons. The SMILES string of the molecule is NNC(=O)CCN1CCC2(CCCCC2)CC1. The van der Waals surface area contributed by atoms with E-state index in [-0.39, 0.29) is 5.91 Å². The van der Waals surface area contributed by atoms with Gasteiger partial charge in [0.1, 0.15) is 0 Å². The molecule has 2 rings (SSSR count). The number of amides is 1. The first-order valence-corrected chi connectivity index (χ1v) is 6.96. The lowest BCUT2D eigenvalue weighted by molar-refractivity contribution is -0.121. The van der Waals surface area contributed by atoms with Crippen LogP contribution >= 0.6 is 0 Å². The Labute approximate surface area is 104 Å². The Morgan fingerprint density at radius 3 is 2.35 bits per heavy atom. The predicted octanol–water partition coefficient (Wildman–Crippen LogP) is 1.41. The summed E-state index contributed by atoms with van der Waals surface area (Å²) in [4.78, 5) is 13.5. The van der Waals surface area contributed by atoms with Crippen molar-refractivity contribution in [1.82, 2.24) is 10.3 Å². The van der Waals surface area contributed by atoms with Crippen molar-refractivity contribution < 1.29 is 4.79 Å². The van der Waals surface area contributed by atoms with Gasteiger partial charge in [-0.1, -0.05) is 19.3 Å². The highest BCUT2D eigenvalue weighted by Crippen LogP contribution is 2.44. The van der Waals surface area contributed by atoms with Gasteiger partial charge in [-0.15, -0.1) is 0 Å². The molecule has 1 saturated heterocycles. The molecule has 1 aliphatic carbocycles. The van der Waals surface area contributed by atoms with Gasteiger partial charge in [0.15, 0.2) is 0 Å². The standard InChI is InChI=1S/C13H25N3O/c14-15-12(17)4-9-16-10-7-13(8-11-16)5-2-1-3-6-13/h1-11,14H2,(H,15,17). The van der Waals surface area contributed by atoms with E-state index in [1.807, 2.05) is 0 Å². The first-order chi connectivity index (χ1) is 8.24. The van der Waals surface area contributed by atoms with Gasteiger partial charge in [-0.2, -0.15) is 0 Å². The van der Waals surface area contributed by atoms with Crippen molar-refractivity contribution in [3.63, 3.8) is 0 Å². The van der Waals surface area contributed by atoms with Crippen molar-refractivity contribution >= 4 is 5.91 Å². The molecule has 1 amide bonds. The Balaban J connectivity index is 1.72. The molecular formula is C13H25N3O. The molecule has 0 radical (unpaired) electrons. The minimum absolute atomic E-state index is 0.0528. The van der Waals surface area contributed by atoms with Crippen LogP contribution in [0.15, 0.2) is 0 Å². The number of hydrogen-bond acceptors (Lipinski definition) is 3. The summed E-state index contributed by atoms with van der Waals surface area (Å²) < 4.78 is 0. The van der Waals surface area contributed by atoms with Crippen molar-refractivity contribution in [3.8, 4) is 0 Å². The Morgan fingerprint density at radius 2 is 1.76 bits per heavy atom. The van der Waals surface area contributed by atoms with E-state index >= 15 is 0 Å². The fraction of sp³-hybridized carbons (Fsp3) is 0.923. The van der Waals surface area contributed by atoms with Gasteiger partial charge in [0.2, 0.25) is 5.91 Å². The molecule has 4 nitrogen and oxygen atoms in total. The van der Waals surface area contributed by atoms with Crippen molar-refractivity contribution in [1.29, 1.82) is 0 Å². The largest absolute Gasteiger partial charge is 0.303 e. The van der Waals surface area contributed by atoms with Gasteiger partial charge in [-0.05, 0) is 44.2 Å². The summed E-state index contributed by atoms with van der Waals surface area (Å²) in [6, 6.07) is 0. The third kappa shape index (κ3) is 3.42. The quantitative estimate of drug-likeness (QED) is 0.445. The summed E-state index contributed by atoms with van der Waals surface area (Å²) in [5.74, 6) is 5.03. The second-order valence-corrected chi connectivity index (χ2v) is 5.72. The summed E-state index contributed by atoms with van der Waals surface area (Å²) >= 11 is 0. The highest BCUT2D eigenvalue weighted by molar-refractivity contribution is 5.75. The lowest BCUT2D eigenvalue weighted by Gasteiger charge is -2.44. The number of carbonyl (C=O) groups is 1. The minimum Gasteiger partial charge on any atom is -0.303 e. The molecule has 1 aliphatic heterocycles. The maximum atomic E-state index is 11.1. The lowest BCUT2D eigenvalue weighted by atomic mass is 9.68. The van der Waals surface area contributed by atoms with Crippen LogP contribution in [0.5, 0.6) is 0 Å². The number of likely N-dealkylation sites (tertiary alicyclic amines) is 1. The van der Waals surface area contributed by atoms with Crippen LogP contribution in [0.4, 0.5) is 0 Å². The van der Waals surface area contributed by atoms with Gasteiger partial charge in [0.25, 0.3) is 0 Å². The van der Waals surface area contributed by atoms with E-state index < -0.39 is 0 Å². The molecule has 1 heterocycles. The first kappa shape index (κ1) is 12.8. The van der Waals surface area contributed by atoms with Crippen molar-refractivity contribution in [2.24, 2.45) is 11.3 Å². The molecule has 0 aromatic heterocycles. The molecular weight excluding hydrogens is 214 g/mol. The predicted molar refractivity (Wildman–Crippen MR) is 68.1 cm³/mol. The van der Waals surface area contributed by atoms with E-state index in [0.29, 0.717) is 11.8 Å². The molecule has 3 N–H and O–H groups in total. The van der Waals surface area contributed by atoms with E-state index in [9.17, 15) is 4.79 Å². The van der Waals surface area contributed by atoms with E-state index in [1.165, 1.54) is 44.9 Å². The molecule has 0 aromatic carbocycles. The zero-order valence-corrected chi connectivity index (χ0v) is 10.7. The van der Waals surface area contributed by atoms with Crippen LogP contribution in [0.2, 0.25) is 0 Å². The monoisotopic (exact) mass is 239 g/mol. The Hall–Kier alpha value is -0.610. The van der Waals surface area contributed by atoms with Crippen molar-refractivity contribution in [2.45, 2.75) is 51.4 Å². The Morgan fingerprint density at radius 1 is 1.12 bits per heavy atom. The molecule has 17 heavy (non-hydrogen) atoms. The number of nitrogens with two attached hydrogens (primary N) is 1.